The summed E-state index contributed by atoms with van der Waals surface area (Å²) in [5, 5.41) is 5.60. The molecule has 0 fully saturated rings. The summed E-state index contributed by atoms with van der Waals surface area (Å²) >= 11 is 5.81. The highest BCUT2D eigenvalue weighted by Crippen LogP contribution is 2.30. The summed E-state index contributed by atoms with van der Waals surface area (Å²) in [7, 11) is 0. The Morgan fingerprint density at radius 2 is 1.76 bits per heavy atom. The van der Waals surface area contributed by atoms with E-state index in [2.05, 4.69) is 30.6 Å². The second-order valence-corrected chi connectivity index (χ2v) is 8.34. The maximum atomic E-state index is 12.7. The largest absolute Gasteiger partial charge is 0.382 e. The summed E-state index contributed by atoms with van der Waals surface area (Å²) in [6.45, 7) is 1.79. The minimum Gasteiger partial charge on any atom is -0.382 e. The quantitative estimate of drug-likeness (QED) is 0.291. The predicted octanol–water partition coefficient (Wildman–Crippen LogP) is 3.56. The van der Waals surface area contributed by atoms with Crippen molar-refractivity contribution in [3.63, 3.8) is 0 Å². The number of carbonyl (C=O) groups is 2. The maximum Gasteiger partial charge on any atom is 0.270 e. The molecule has 4 heterocycles. The van der Waals surface area contributed by atoms with Gasteiger partial charge in [-0.3, -0.25) is 14.0 Å². The van der Waals surface area contributed by atoms with E-state index in [4.69, 9.17) is 22.3 Å². The number of nitrogens with one attached hydrogen (secondary N) is 2. The minimum atomic E-state index is -0.521. The average Bonchev–Trinajstić information content (AvgIpc) is 3.30. The van der Waals surface area contributed by atoms with Gasteiger partial charge in [-0.05, 0) is 48.9 Å². The molecule has 0 aliphatic carbocycles. The molecule has 37 heavy (non-hydrogen) atoms. The molecule has 184 valence electrons. The molecule has 0 aliphatic heterocycles. The number of nitrogens with zero attached hydrogens (tertiary/aromatic N) is 6. The lowest BCUT2D eigenvalue weighted by Crippen LogP contribution is -2.28. The molecule has 1 aromatic carbocycles. The zero-order valence-electron chi connectivity index (χ0n) is 19.5. The van der Waals surface area contributed by atoms with Crippen LogP contribution in [0.3, 0.4) is 0 Å². The van der Waals surface area contributed by atoms with Gasteiger partial charge in [0.05, 0.1) is 6.04 Å². The van der Waals surface area contributed by atoms with E-state index in [-0.39, 0.29) is 22.7 Å². The smallest absolute Gasteiger partial charge is 0.270 e. The van der Waals surface area contributed by atoms with Crippen LogP contribution in [0.25, 0.3) is 16.8 Å². The van der Waals surface area contributed by atoms with E-state index in [9.17, 15) is 9.59 Å². The number of hydrogen-bond donors (Lipinski definition) is 3. The number of carbonyl (C=O) groups excluding carboxylic acids is 2. The molecule has 11 nitrogen and oxygen atoms in total. The molecule has 0 bridgehead atoms. The summed E-state index contributed by atoms with van der Waals surface area (Å²) in [4.78, 5) is 46.2. The standard InChI is InChI=1S/C25H20ClN9O2/c1-14(31-24(37)17-9-11-30-25(26)32-17)22-34-19(20-21(27)29-12-13-35(20)22)15-5-7-16(8-6-15)23(36)33-18-4-2-3-10-28-18/h2-14H,1H3,(H2,27,29)(H,31,37)(H,28,33,36)/t14-/m0/s1. The van der Waals surface area contributed by atoms with Crippen LogP contribution < -0.4 is 16.4 Å². The van der Waals surface area contributed by atoms with E-state index in [0.717, 1.165) is 5.56 Å². The number of nitrogens with two attached hydrogens (primary N) is 1. The second kappa shape index (κ2) is 9.99. The van der Waals surface area contributed by atoms with Crippen molar-refractivity contribution in [3.05, 3.63) is 95.7 Å². The van der Waals surface area contributed by atoms with Crippen LogP contribution in [0.4, 0.5) is 11.6 Å². The van der Waals surface area contributed by atoms with Gasteiger partial charge in [-0.15, -0.1) is 0 Å². The number of benzene rings is 1. The molecule has 0 radical (unpaired) electrons. The summed E-state index contributed by atoms with van der Waals surface area (Å²) in [6.07, 6.45) is 6.28. The van der Waals surface area contributed by atoms with Crippen LogP contribution in [0.5, 0.6) is 0 Å². The molecule has 5 rings (SSSR count). The van der Waals surface area contributed by atoms with Gasteiger partial charge < -0.3 is 16.4 Å². The molecule has 0 unspecified atom stereocenters. The van der Waals surface area contributed by atoms with Crippen LogP contribution in [0, 0.1) is 0 Å². The predicted molar refractivity (Wildman–Crippen MR) is 138 cm³/mol. The van der Waals surface area contributed by atoms with Crippen LogP contribution in [-0.4, -0.2) is 41.1 Å². The van der Waals surface area contributed by atoms with Crippen LogP contribution in [0.1, 0.15) is 39.6 Å². The number of anilines is 2. The van der Waals surface area contributed by atoms with Crippen LogP contribution in [0.2, 0.25) is 5.28 Å². The van der Waals surface area contributed by atoms with Gasteiger partial charge in [0.1, 0.15) is 34.4 Å². The highest BCUT2D eigenvalue weighted by Gasteiger charge is 2.22. The van der Waals surface area contributed by atoms with Gasteiger partial charge in [-0.1, -0.05) is 18.2 Å². The van der Waals surface area contributed by atoms with Crippen molar-refractivity contribution in [1.82, 2.24) is 34.6 Å². The first kappa shape index (κ1) is 23.8. The molecule has 0 saturated heterocycles. The summed E-state index contributed by atoms with van der Waals surface area (Å²) in [5.74, 6) is 0.544. The van der Waals surface area contributed by atoms with E-state index in [1.807, 2.05) is 0 Å². The Labute approximate surface area is 215 Å². The molecule has 0 saturated carbocycles. The molecule has 4 N–H and O–H groups in total. The van der Waals surface area contributed by atoms with Gasteiger partial charge in [-0.2, -0.15) is 0 Å². The van der Waals surface area contributed by atoms with E-state index < -0.39 is 11.9 Å². The first-order valence-electron chi connectivity index (χ1n) is 11.2. The third kappa shape index (κ3) is 4.93. The van der Waals surface area contributed by atoms with Crippen molar-refractivity contribution < 1.29 is 9.59 Å². The molecule has 1 atom stereocenters. The molecular weight excluding hydrogens is 494 g/mol. The van der Waals surface area contributed by atoms with Gasteiger partial charge in [0, 0.05) is 35.9 Å². The molecule has 0 spiro atoms. The SMILES string of the molecule is C[C@H](NC(=O)c1ccnc(Cl)n1)c1nc(-c2ccc(C(=O)Nc3ccccn3)cc2)c2c(N)nccn12. The van der Waals surface area contributed by atoms with Crippen LogP contribution >= 0.6 is 11.6 Å². The summed E-state index contributed by atoms with van der Waals surface area (Å²) in [6, 6.07) is 13.1. The van der Waals surface area contributed by atoms with Crippen molar-refractivity contribution in [2.45, 2.75) is 13.0 Å². The number of nitrogen functional groups attached to an aromatic ring is 1. The van der Waals surface area contributed by atoms with E-state index >= 15 is 0 Å². The zero-order chi connectivity index (χ0) is 25.9. The van der Waals surface area contributed by atoms with Crippen molar-refractivity contribution >= 4 is 40.6 Å². The van der Waals surface area contributed by atoms with E-state index in [1.165, 1.54) is 12.3 Å². The zero-order valence-corrected chi connectivity index (χ0v) is 20.2. The Morgan fingerprint density at radius 3 is 2.49 bits per heavy atom. The van der Waals surface area contributed by atoms with Gasteiger partial charge in [-0.25, -0.2) is 24.9 Å². The van der Waals surface area contributed by atoms with Gasteiger partial charge >= 0.3 is 0 Å². The Hall–Kier alpha value is -4.90. The number of pyridine rings is 1. The number of amides is 2. The molecule has 2 amide bonds. The fraction of sp³-hybridized carbons (Fsp3) is 0.0800. The number of halogens is 1. The number of aromatic nitrogens is 6. The van der Waals surface area contributed by atoms with Gasteiger partial charge in [0.25, 0.3) is 11.8 Å². The van der Waals surface area contributed by atoms with E-state index in [1.54, 1.807) is 72.4 Å². The van der Waals surface area contributed by atoms with Crippen molar-refractivity contribution in [3.8, 4) is 11.3 Å². The third-order valence-corrected chi connectivity index (χ3v) is 5.71. The third-order valence-electron chi connectivity index (χ3n) is 5.53. The Kier molecular flexibility index (Phi) is 6.43. The Balaban J connectivity index is 1.44. The molecule has 5 aromatic rings. The lowest BCUT2D eigenvalue weighted by atomic mass is 10.1. The number of imidazole rings is 1. The highest BCUT2D eigenvalue weighted by molar-refractivity contribution is 6.28. The number of hydrogen-bond acceptors (Lipinski definition) is 8. The second-order valence-electron chi connectivity index (χ2n) is 8.00. The van der Waals surface area contributed by atoms with Crippen LogP contribution in [0.15, 0.2) is 73.3 Å². The van der Waals surface area contributed by atoms with E-state index in [0.29, 0.717) is 28.4 Å². The summed E-state index contributed by atoms with van der Waals surface area (Å²) in [5.41, 5.74) is 8.66. The average molecular weight is 514 g/mol. The highest BCUT2D eigenvalue weighted by atomic mass is 35.5. The number of fused-ring (bicyclic) bond motifs is 1. The van der Waals surface area contributed by atoms with Gasteiger partial charge in [0.15, 0.2) is 0 Å². The molecular formula is C25H20ClN9O2. The molecule has 0 aliphatic rings. The fourth-order valence-corrected chi connectivity index (χ4v) is 3.94. The minimum absolute atomic E-state index is 0.0233. The van der Waals surface area contributed by atoms with Crippen molar-refractivity contribution in [2.24, 2.45) is 0 Å². The first-order valence-corrected chi connectivity index (χ1v) is 11.5. The monoisotopic (exact) mass is 513 g/mol. The normalized spacial score (nSPS) is 11.7. The Morgan fingerprint density at radius 1 is 0.946 bits per heavy atom. The van der Waals surface area contributed by atoms with Crippen molar-refractivity contribution in [1.29, 1.82) is 0 Å². The fourth-order valence-electron chi connectivity index (χ4n) is 3.79. The van der Waals surface area contributed by atoms with Gasteiger partial charge in [0.2, 0.25) is 5.28 Å². The number of rotatable bonds is 6. The first-order chi connectivity index (χ1) is 17.9. The molecule has 12 heteroatoms. The lowest BCUT2D eigenvalue weighted by Gasteiger charge is -2.12. The topological polar surface area (TPSA) is 153 Å². The van der Waals surface area contributed by atoms with Crippen molar-refractivity contribution in [2.75, 3.05) is 11.1 Å². The maximum absolute atomic E-state index is 12.7. The Bertz CT molecular complexity index is 1600. The van der Waals surface area contributed by atoms with Crippen LogP contribution in [-0.2, 0) is 0 Å². The lowest BCUT2D eigenvalue weighted by molar-refractivity contribution is 0.0932. The molecule has 4 aromatic heterocycles. The summed E-state index contributed by atoms with van der Waals surface area (Å²) < 4.78 is 1.78.